The third-order valence-corrected chi connectivity index (χ3v) is 4.63. The third kappa shape index (κ3) is 3.71. The summed E-state index contributed by atoms with van der Waals surface area (Å²) in [6, 6.07) is 16.7. The molecule has 4 heteroatoms. The zero-order valence-electron chi connectivity index (χ0n) is 14.0. The zero-order chi connectivity index (χ0) is 18.0. The summed E-state index contributed by atoms with van der Waals surface area (Å²) in [5.41, 5.74) is 4.57. The van der Waals surface area contributed by atoms with E-state index in [9.17, 15) is 4.79 Å². The van der Waals surface area contributed by atoms with E-state index < -0.39 is 0 Å². The van der Waals surface area contributed by atoms with Gasteiger partial charge in [0.2, 0.25) is 0 Å². The van der Waals surface area contributed by atoms with Crippen LogP contribution in [0.15, 0.2) is 60.7 Å². The van der Waals surface area contributed by atoms with E-state index in [-0.39, 0.29) is 5.78 Å². The number of ketones is 1. The summed E-state index contributed by atoms with van der Waals surface area (Å²) in [4.78, 5) is 12.3. The molecule has 1 aromatic heterocycles. The lowest BCUT2D eigenvalue weighted by Crippen LogP contribution is -2.00. The van der Waals surface area contributed by atoms with Gasteiger partial charge in [-0.05, 0) is 55.8 Å². The molecule has 2 nitrogen and oxygen atoms in total. The van der Waals surface area contributed by atoms with Gasteiger partial charge in [-0.25, -0.2) is 0 Å². The molecule has 0 saturated carbocycles. The van der Waals surface area contributed by atoms with Crippen molar-refractivity contribution in [3.8, 4) is 5.69 Å². The van der Waals surface area contributed by atoms with Gasteiger partial charge < -0.3 is 4.57 Å². The van der Waals surface area contributed by atoms with Gasteiger partial charge in [-0.1, -0.05) is 53.5 Å². The number of allylic oxidation sites excluding steroid dienone is 1. The Bertz CT molecular complexity index is 956. The lowest BCUT2D eigenvalue weighted by Gasteiger charge is -2.11. The molecule has 3 rings (SSSR count). The maximum absolute atomic E-state index is 12.3. The second kappa shape index (κ2) is 7.30. The SMILES string of the molecule is Cc1cc(/C=C/C(=O)c2ccccc2)c(C)n1-c1ccc(Cl)cc1Cl. The normalized spacial score (nSPS) is 11.2. The van der Waals surface area contributed by atoms with Crippen LogP contribution < -0.4 is 0 Å². The van der Waals surface area contributed by atoms with E-state index in [4.69, 9.17) is 23.2 Å². The van der Waals surface area contributed by atoms with Crippen molar-refractivity contribution in [1.82, 2.24) is 4.57 Å². The molecule has 0 fully saturated rings. The summed E-state index contributed by atoms with van der Waals surface area (Å²) in [6.45, 7) is 4.01. The highest BCUT2D eigenvalue weighted by Gasteiger charge is 2.12. The van der Waals surface area contributed by atoms with Crippen LogP contribution >= 0.6 is 23.2 Å². The maximum Gasteiger partial charge on any atom is 0.185 e. The lowest BCUT2D eigenvalue weighted by molar-refractivity contribution is 0.104. The van der Waals surface area contributed by atoms with Crippen molar-refractivity contribution >= 4 is 35.1 Å². The van der Waals surface area contributed by atoms with Crippen molar-refractivity contribution < 1.29 is 4.79 Å². The van der Waals surface area contributed by atoms with Gasteiger partial charge >= 0.3 is 0 Å². The predicted octanol–water partition coefficient (Wildman–Crippen LogP) is 6.30. The van der Waals surface area contributed by atoms with Gasteiger partial charge in [0, 0.05) is 22.0 Å². The van der Waals surface area contributed by atoms with Crippen LogP contribution in [0.1, 0.15) is 27.3 Å². The lowest BCUT2D eigenvalue weighted by atomic mass is 10.1. The van der Waals surface area contributed by atoms with Crippen LogP contribution in [0.5, 0.6) is 0 Å². The molecule has 0 aliphatic carbocycles. The van der Waals surface area contributed by atoms with Crippen LogP contribution in [0.3, 0.4) is 0 Å². The van der Waals surface area contributed by atoms with E-state index in [0.717, 1.165) is 22.6 Å². The summed E-state index contributed by atoms with van der Waals surface area (Å²) in [5, 5.41) is 1.19. The van der Waals surface area contributed by atoms with Crippen LogP contribution in [0.25, 0.3) is 11.8 Å². The maximum atomic E-state index is 12.3. The molecule has 0 N–H and O–H groups in total. The Morgan fingerprint density at radius 1 is 1.00 bits per heavy atom. The Balaban J connectivity index is 1.95. The fourth-order valence-electron chi connectivity index (χ4n) is 2.85. The summed E-state index contributed by atoms with van der Waals surface area (Å²) in [6.07, 6.45) is 3.45. The van der Waals surface area contributed by atoms with Gasteiger partial charge in [-0.2, -0.15) is 0 Å². The molecule has 0 unspecified atom stereocenters. The van der Waals surface area contributed by atoms with E-state index in [1.54, 1.807) is 12.1 Å². The van der Waals surface area contributed by atoms with Gasteiger partial charge in [0.15, 0.2) is 5.78 Å². The monoisotopic (exact) mass is 369 g/mol. The molecular weight excluding hydrogens is 353 g/mol. The van der Waals surface area contributed by atoms with E-state index in [2.05, 4.69) is 4.57 Å². The number of halogens is 2. The molecule has 126 valence electrons. The molecule has 0 bridgehead atoms. The second-order valence-corrected chi connectivity index (χ2v) is 6.66. The number of benzene rings is 2. The molecule has 0 aliphatic heterocycles. The van der Waals surface area contributed by atoms with Crippen LogP contribution in [-0.4, -0.2) is 10.4 Å². The zero-order valence-corrected chi connectivity index (χ0v) is 15.5. The van der Waals surface area contributed by atoms with Crippen molar-refractivity contribution in [2.75, 3.05) is 0 Å². The van der Waals surface area contributed by atoms with E-state index >= 15 is 0 Å². The number of rotatable bonds is 4. The number of hydrogen-bond donors (Lipinski definition) is 0. The van der Waals surface area contributed by atoms with Gasteiger partial charge in [0.05, 0.1) is 10.7 Å². The molecule has 3 aromatic rings. The Hall–Kier alpha value is -2.29. The number of hydrogen-bond acceptors (Lipinski definition) is 1. The summed E-state index contributed by atoms with van der Waals surface area (Å²) >= 11 is 12.3. The van der Waals surface area contributed by atoms with E-state index in [0.29, 0.717) is 15.6 Å². The largest absolute Gasteiger partial charge is 0.316 e. The summed E-state index contributed by atoms with van der Waals surface area (Å²) < 4.78 is 2.06. The van der Waals surface area contributed by atoms with Crippen LogP contribution in [0.2, 0.25) is 10.0 Å². The van der Waals surface area contributed by atoms with Crippen LogP contribution in [0.4, 0.5) is 0 Å². The molecular formula is C21H17Cl2NO. The number of nitrogens with zero attached hydrogens (tertiary/aromatic N) is 1. The highest BCUT2D eigenvalue weighted by Crippen LogP contribution is 2.29. The van der Waals surface area contributed by atoms with Crippen LogP contribution in [-0.2, 0) is 0 Å². The topological polar surface area (TPSA) is 22.0 Å². The molecule has 0 radical (unpaired) electrons. The fourth-order valence-corrected chi connectivity index (χ4v) is 3.35. The van der Waals surface area contributed by atoms with E-state index in [1.165, 1.54) is 0 Å². The first-order valence-corrected chi connectivity index (χ1v) is 8.65. The van der Waals surface area contributed by atoms with Gasteiger partial charge in [0.25, 0.3) is 0 Å². The van der Waals surface area contributed by atoms with Gasteiger partial charge in [-0.15, -0.1) is 0 Å². The Morgan fingerprint density at radius 3 is 2.40 bits per heavy atom. The number of aryl methyl sites for hydroxylation is 1. The smallest absolute Gasteiger partial charge is 0.185 e. The number of aromatic nitrogens is 1. The molecule has 1 heterocycles. The summed E-state index contributed by atoms with van der Waals surface area (Å²) in [7, 11) is 0. The molecule has 0 atom stereocenters. The van der Waals surface area contributed by atoms with Crippen molar-refractivity contribution in [1.29, 1.82) is 0 Å². The third-order valence-electron chi connectivity index (χ3n) is 4.09. The van der Waals surface area contributed by atoms with Crippen LogP contribution in [0, 0.1) is 13.8 Å². The first-order chi connectivity index (χ1) is 12.0. The highest BCUT2D eigenvalue weighted by molar-refractivity contribution is 6.35. The minimum Gasteiger partial charge on any atom is -0.316 e. The van der Waals surface area contributed by atoms with Crippen molar-refractivity contribution in [3.05, 3.63) is 93.2 Å². The van der Waals surface area contributed by atoms with E-state index in [1.807, 2.05) is 68.5 Å². The molecule has 0 amide bonds. The molecule has 0 saturated heterocycles. The number of carbonyl (C=O) groups excluding carboxylic acids is 1. The number of carbonyl (C=O) groups is 1. The molecule has 2 aromatic carbocycles. The first-order valence-electron chi connectivity index (χ1n) is 7.89. The van der Waals surface area contributed by atoms with Crippen molar-refractivity contribution in [3.63, 3.8) is 0 Å². The minimum absolute atomic E-state index is 0.0186. The quantitative estimate of drug-likeness (QED) is 0.390. The average molecular weight is 370 g/mol. The predicted molar refractivity (Wildman–Crippen MR) is 105 cm³/mol. The van der Waals surface area contributed by atoms with Gasteiger partial charge in [-0.3, -0.25) is 4.79 Å². The van der Waals surface area contributed by atoms with Crippen molar-refractivity contribution in [2.24, 2.45) is 0 Å². The van der Waals surface area contributed by atoms with Gasteiger partial charge in [0.1, 0.15) is 0 Å². The standard InChI is InChI=1S/C21H17Cl2NO/c1-14-12-17(8-11-21(25)16-6-4-3-5-7-16)15(2)24(14)20-10-9-18(22)13-19(20)23/h3-13H,1-2H3/b11-8+. The highest BCUT2D eigenvalue weighted by atomic mass is 35.5. The second-order valence-electron chi connectivity index (χ2n) is 5.82. The Morgan fingerprint density at radius 2 is 1.72 bits per heavy atom. The van der Waals surface area contributed by atoms with Crippen molar-refractivity contribution in [2.45, 2.75) is 13.8 Å². The Kier molecular flexibility index (Phi) is 5.12. The first kappa shape index (κ1) is 17.5. The summed E-state index contributed by atoms with van der Waals surface area (Å²) in [5.74, 6) is -0.0186. The molecule has 25 heavy (non-hydrogen) atoms. The Labute approximate surface area is 157 Å². The minimum atomic E-state index is -0.0186. The fraction of sp³-hybridized carbons (Fsp3) is 0.0952. The molecule has 0 aliphatic rings. The molecule has 0 spiro atoms. The average Bonchev–Trinajstić information content (AvgIpc) is 2.88.